The molecule has 1 aliphatic rings. The largest absolute Gasteiger partial charge is 0.424 e. The standard InChI is InChI=1S/C29H36O4SSi/c1-23-18-20-25(21-19-23)34(30,31)33-28-17-11-10-12-24(28)22-29(2,3)35(32,26-13-6-4-7-14-26)27-15-8-5-9-16-27/h4-9,13-16,18-21,24,28,32H,10-12,17,22H2,1-3H3/t24-,28-/m1/s1. The summed E-state index contributed by atoms with van der Waals surface area (Å²) >= 11 is 0. The Morgan fingerprint density at radius 3 is 1.91 bits per heavy atom. The molecule has 1 fully saturated rings. The maximum absolute atomic E-state index is 13.1. The minimum atomic E-state index is -3.86. The van der Waals surface area contributed by atoms with E-state index in [1.807, 2.05) is 67.6 Å². The van der Waals surface area contributed by atoms with Crippen molar-refractivity contribution in [2.75, 3.05) is 0 Å². The molecule has 1 aliphatic carbocycles. The lowest BCUT2D eigenvalue weighted by Gasteiger charge is -2.45. The molecule has 35 heavy (non-hydrogen) atoms. The fraction of sp³-hybridized carbons (Fsp3) is 0.379. The normalized spacial score (nSPS) is 19.4. The van der Waals surface area contributed by atoms with Gasteiger partial charge in [-0.25, -0.2) is 0 Å². The molecule has 186 valence electrons. The van der Waals surface area contributed by atoms with Gasteiger partial charge in [0, 0.05) is 0 Å². The molecule has 0 aromatic heterocycles. The zero-order valence-electron chi connectivity index (χ0n) is 20.9. The van der Waals surface area contributed by atoms with E-state index >= 15 is 0 Å². The average molecular weight is 509 g/mol. The first-order chi connectivity index (χ1) is 16.6. The summed E-state index contributed by atoms with van der Waals surface area (Å²) < 4.78 is 32.1. The number of aryl methyl sites for hydroxylation is 1. The fourth-order valence-electron chi connectivity index (χ4n) is 5.57. The monoisotopic (exact) mass is 508 g/mol. The van der Waals surface area contributed by atoms with Crippen molar-refractivity contribution in [1.82, 2.24) is 0 Å². The Bertz CT molecular complexity index is 1170. The second kappa shape index (κ2) is 10.4. The van der Waals surface area contributed by atoms with E-state index in [1.54, 1.807) is 24.3 Å². The lowest BCUT2D eigenvalue weighted by molar-refractivity contribution is 0.0859. The maximum atomic E-state index is 13.1. The van der Waals surface area contributed by atoms with Gasteiger partial charge in [-0.2, -0.15) is 8.42 Å². The van der Waals surface area contributed by atoms with Crippen LogP contribution in [0.1, 0.15) is 51.5 Å². The topological polar surface area (TPSA) is 63.6 Å². The van der Waals surface area contributed by atoms with Gasteiger partial charge in [-0.1, -0.05) is 105 Å². The summed E-state index contributed by atoms with van der Waals surface area (Å²) in [5, 5.41) is 1.49. The molecule has 0 spiro atoms. The Morgan fingerprint density at radius 1 is 0.857 bits per heavy atom. The first-order valence-corrected chi connectivity index (χ1v) is 15.8. The molecule has 0 heterocycles. The van der Waals surface area contributed by atoms with E-state index in [9.17, 15) is 13.2 Å². The van der Waals surface area contributed by atoms with Crippen molar-refractivity contribution in [2.45, 2.75) is 68.9 Å². The van der Waals surface area contributed by atoms with Gasteiger partial charge < -0.3 is 4.80 Å². The van der Waals surface area contributed by atoms with Crippen molar-refractivity contribution in [3.63, 3.8) is 0 Å². The van der Waals surface area contributed by atoms with Gasteiger partial charge in [-0.15, -0.1) is 0 Å². The summed E-state index contributed by atoms with van der Waals surface area (Å²) in [6.45, 7) is 6.21. The second-order valence-corrected chi connectivity index (χ2v) is 16.0. The third-order valence-corrected chi connectivity index (χ3v) is 13.4. The number of hydrogen-bond donors (Lipinski definition) is 1. The van der Waals surface area contributed by atoms with Crippen molar-refractivity contribution in [3.05, 3.63) is 90.5 Å². The van der Waals surface area contributed by atoms with E-state index in [2.05, 4.69) is 13.8 Å². The molecule has 0 bridgehead atoms. The molecule has 3 aromatic carbocycles. The van der Waals surface area contributed by atoms with Crippen LogP contribution in [0.3, 0.4) is 0 Å². The fourth-order valence-corrected chi connectivity index (χ4v) is 10.5. The molecule has 3 aromatic rings. The van der Waals surface area contributed by atoms with Crippen LogP contribution in [0.25, 0.3) is 0 Å². The van der Waals surface area contributed by atoms with E-state index in [1.165, 1.54) is 0 Å². The predicted molar refractivity (Wildman–Crippen MR) is 144 cm³/mol. The van der Waals surface area contributed by atoms with Crippen molar-refractivity contribution in [2.24, 2.45) is 5.92 Å². The third-order valence-electron chi connectivity index (χ3n) is 7.53. The number of rotatable bonds is 8. The summed E-state index contributed by atoms with van der Waals surface area (Å²) in [6.07, 6.45) is 3.90. The average Bonchev–Trinajstić information content (AvgIpc) is 2.85. The highest BCUT2D eigenvalue weighted by Gasteiger charge is 2.51. The molecule has 0 unspecified atom stereocenters. The van der Waals surface area contributed by atoms with Gasteiger partial charge in [0.1, 0.15) is 0 Å². The van der Waals surface area contributed by atoms with Crippen molar-refractivity contribution in [1.29, 1.82) is 0 Å². The van der Waals surface area contributed by atoms with Crippen LogP contribution in [-0.4, -0.2) is 27.6 Å². The molecule has 0 amide bonds. The van der Waals surface area contributed by atoms with Crippen LogP contribution in [0.5, 0.6) is 0 Å². The zero-order valence-corrected chi connectivity index (χ0v) is 22.7. The van der Waals surface area contributed by atoms with E-state index in [0.717, 1.165) is 35.2 Å². The number of benzene rings is 3. The minimum absolute atomic E-state index is 0.0467. The highest BCUT2D eigenvalue weighted by molar-refractivity contribution is 7.86. The molecule has 0 saturated heterocycles. The molecule has 6 heteroatoms. The lowest BCUT2D eigenvalue weighted by Crippen LogP contribution is -2.65. The summed E-state index contributed by atoms with van der Waals surface area (Å²) in [7, 11) is -7.03. The third kappa shape index (κ3) is 5.46. The first-order valence-electron chi connectivity index (χ1n) is 12.5. The van der Waals surface area contributed by atoms with Crippen LogP contribution in [0.2, 0.25) is 5.04 Å². The lowest BCUT2D eigenvalue weighted by atomic mass is 9.81. The van der Waals surface area contributed by atoms with Gasteiger partial charge >= 0.3 is 0 Å². The van der Waals surface area contributed by atoms with Crippen molar-refractivity contribution < 1.29 is 17.4 Å². The Kier molecular flexibility index (Phi) is 7.67. The molecular weight excluding hydrogens is 472 g/mol. The van der Waals surface area contributed by atoms with E-state index in [0.29, 0.717) is 12.8 Å². The molecular formula is C29H36O4SSi. The smallest absolute Gasteiger partial charge is 0.297 e. The minimum Gasteiger partial charge on any atom is -0.424 e. The Labute approximate surface area is 211 Å². The van der Waals surface area contributed by atoms with Crippen LogP contribution < -0.4 is 10.4 Å². The molecule has 2 atom stereocenters. The molecule has 0 radical (unpaired) electrons. The van der Waals surface area contributed by atoms with Crippen LogP contribution in [0.15, 0.2) is 89.8 Å². The SMILES string of the molecule is Cc1ccc(S(=O)(=O)O[C@@H]2CCCC[C@@H]2CC(C)(C)[Si](O)(c2ccccc2)c2ccccc2)cc1. The summed E-state index contributed by atoms with van der Waals surface area (Å²) in [5.74, 6) is 0.0467. The highest BCUT2D eigenvalue weighted by Crippen LogP contribution is 2.46. The van der Waals surface area contributed by atoms with Gasteiger partial charge in [0.05, 0.1) is 11.0 Å². The van der Waals surface area contributed by atoms with Gasteiger partial charge in [0.25, 0.3) is 18.4 Å². The second-order valence-electron chi connectivity index (χ2n) is 10.5. The molecule has 1 saturated carbocycles. The van der Waals surface area contributed by atoms with Crippen LogP contribution in [0.4, 0.5) is 0 Å². The Balaban J connectivity index is 1.64. The zero-order chi connectivity index (χ0) is 25.1. The van der Waals surface area contributed by atoms with E-state index in [-0.39, 0.29) is 16.9 Å². The molecule has 1 N–H and O–H groups in total. The Hall–Kier alpha value is -2.25. The van der Waals surface area contributed by atoms with Crippen LogP contribution in [-0.2, 0) is 14.3 Å². The van der Waals surface area contributed by atoms with Crippen molar-refractivity contribution in [3.8, 4) is 0 Å². The summed E-state index contributed by atoms with van der Waals surface area (Å²) in [4.78, 5) is 12.7. The first kappa shape index (κ1) is 25.8. The quantitative estimate of drug-likeness (QED) is 0.336. The maximum Gasteiger partial charge on any atom is 0.297 e. The van der Waals surface area contributed by atoms with Crippen molar-refractivity contribution >= 4 is 28.8 Å². The van der Waals surface area contributed by atoms with Crippen LogP contribution >= 0.6 is 0 Å². The van der Waals surface area contributed by atoms with E-state index in [4.69, 9.17) is 4.18 Å². The van der Waals surface area contributed by atoms with Gasteiger partial charge in [0.15, 0.2) is 0 Å². The van der Waals surface area contributed by atoms with Gasteiger partial charge in [-0.3, -0.25) is 4.18 Å². The Morgan fingerprint density at radius 2 is 1.37 bits per heavy atom. The summed E-state index contributed by atoms with van der Waals surface area (Å²) in [6, 6.07) is 26.8. The van der Waals surface area contributed by atoms with Gasteiger partial charge in [0.2, 0.25) is 0 Å². The molecule has 4 rings (SSSR count). The predicted octanol–water partition coefficient (Wildman–Crippen LogP) is 5.18. The number of hydrogen-bond acceptors (Lipinski definition) is 4. The van der Waals surface area contributed by atoms with Gasteiger partial charge in [-0.05, 0) is 59.6 Å². The molecule has 4 nitrogen and oxygen atoms in total. The van der Waals surface area contributed by atoms with E-state index < -0.39 is 23.5 Å². The van der Waals surface area contributed by atoms with Crippen LogP contribution in [0, 0.1) is 12.8 Å². The summed E-state index contributed by atoms with van der Waals surface area (Å²) in [5.41, 5.74) is 1.01. The highest BCUT2D eigenvalue weighted by atomic mass is 32.2. The molecule has 0 aliphatic heterocycles.